The minimum absolute atomic E-state index is 0.245. The van der Waals surface area contributed by atoms with Crippen LogP contribution in [0, 0.1) is 5.92 Å². The molecule has 1 aliphatic rings. The Kier molecular flexibility index (Phi) is 3.78. The van der Waals surface area contributed by atoms with Crippen molar-refractivity contribution in [2.45, 2.75) is 32.1 Å². The maximum absolute atomic E-state index is 5.43. The van der Waals surface area contributed by atoms with E-state index in [4.69, 9.17) is 16.3 Å². The molecule has 1 fully saturated rings. The third-order valence-electron chi connectivity index (χ3n) is 2.30. The third kappa shape index (κ3) is 2.74. The summed E-state index contributed by atoms with van der Waals surface area (Å²) in [6.45, 7) is 3.86. The van der Waals surface area contributed by atoms with Crippen molar-refractivity contribution in [3.05, 3.63) is 12.3 Å². The number of rotatable bonds is 3. The van der Waals surface area contributed by atoms with E-state index in [2.05, 4.69) is 6.58 Å². The first-order valence-corrected chi connectivity index (χ1v) is 4.75. The van der Waals surface area contributed by atoms with E-state index in [0.717, 1.165) is 5.76 Å². The second kappa shape index (κ2) is 4.66. The van der Waals surface area contributed by atoms with Crippen molar-refractivity contribution in [2.75, 3.05) is 6.07 Å². The van der Waals surface area contributed by atoms with E-state index in [1.165, 1.54) is 32.1 Å². The Morgan fingerprint density at radius 2 is 2.00 bits per heavy atom. The second-order valence-corrected chi connectivity index (χ2v) is 3.27. The Morgan fingerprint density at radius 3 is 2.55 bits per heavy atom. The summed E-state index contributed by atoms with van der Waals surface area (Å²) in [5.74, 6) is 1.46. The molecule has 0 bridgehead atoms. The number of hydrogen-bond acceptors (Lipinski definition) is 1. The van der Waals surface area contributed by atoms with E-state index in [1.807, 2.05) is 0 Å². The van der Waals surface area contributed by atoms with Crippen LogP contribution in [-0.4, -0.2) is 6.07 Å². The lowest BCUT2D eigenvalue weighted by Gasteiger charge is -2.22. The molecule has 0 saturated heterocycles. The van der Waals surface area contributed by atoms with Crippen molar-refractivity contribution >= 4 is 11.6 Å². The van der Waals surface area contributed by atoms with Gasteiger partial charge in [0.1, 0.15) is 0 Å². The SMILES string of the molecule is C=C(OCCl)C1CCCCC1. The number of halogens is 1. The number of hydrogen-bond donors (Lipinski definition) is 0. The fourth-order valence-corrected chi connectivity index (χ4v) is 1.75. The van der Waals surface area contributed by atoms with E-state index in [0.29, 0.717) is 5.92 Å². The van der Waals surface area contributed by atoms with E-state index < -0.39 is 0 Å². The van der Waals surface area contributed by atoms with Gasteiger partial charge in [-0.2, -0.15) is 0 Å². The predicted octanol–water partition coefficient (Wildman–Crippen LogP) is 3.29. The van der Waals surface area contributed by atoms with E-state index in [1.54, 1.807) is 0 Å². The summed E-state index contributed by atoms with van der Waals surface area (Å²) in [4.78, 5) is 0. The second-order valence-electron chi connectivity index (χ2n) is 3.05. The Bertz CT molecular complexity index is 128. The molecule has 64 valence electrons. The Balaban J connectivity index is 2.27. The lowest BCUT2D eigenvalue weighted by Crippen LogP contribution is -2.10. The van der Waals surface area contributed by atoms with Crippen LogP contribution in [-0.2, 0) is 4.74 Å². The molecule has 0 atom stereocenters. The molecule has 0 aromatic heterocycles. The van der Waals surface area contributed by atoms with Crippen LogP contribution >= 0.6 is 11.6 Å². The summed E-state index contributed by atoms with van der Waals surface area (Å²) in [5, 5.41) is 0. The molecule has 0 spiro atoms. The van der Waals surface area contributed by atoms with Gasteiger partial charge >= 0.3 is 0 Å². The van der Waals surface area contributed by atoms with Crippen molar-refractivity contribution in [1.82, 2.24) is 0 Å². The zero-order valence-corrected chi connectivity index (χ0v) is 7.57. The van der Waals surface area contributed by atoms with Crippen molar-refractivity contribution in [1.29, 1.82) is 0 Å². The van der Waals surface area contributed by atoms with Crippen LogP contribution in [0.2, 0.25) is 0 Å². The van der Waals surface area contributed by atoms with E-state index >= 15 is 0 Å². The molecule has 0 radical (unpaired) electrons. The van der Waals surface area contributed by atoms with Crippen molar-refractivity contribution in [2.24, 2.45) is 5.92 Å². The van der Waals surface area contributed by atoms with Gasteiger partial charge in [-0.15, -0.1) is 0 Å². The average Bonchev–Trinajstić information content (AvgIpc) is 2.07. The first-order chi connectivity index (χ1) is 5.34. The number of allylic oxidation sites excluding steroid dienone is 1. The summed E-state index contributed by atoms with van der Waals surface area (Å²) in [5.41, 5.74) is 0. The molecule has 2 heteroatoms. The van der Waals surface area contributed by atoms with Gasteiger partial charge < -0.3 is 4.74 Å². The largest absolute Gasteiger partial charge is 0.483 e. The average molecular weight is 175 g/mol. The van der Waals surface area contributed by atoms with Crippen LogP contribution in [0.1, 0.15) is 32.1 Å². The molecule has 0 aromatic carbocycles. The fourth-order valence-electron chi connectivity index (χ4n) is 1.61. The van der Waals surface area contributed by atoms with Gasteiger partial charge in [-0.25, -0.2) is 0 Å². The van der Waals surface area contributed by atoms with Crippen LogP contribution in [0.5, 0.6) is 0 Å². The Labute approximate surface area is 73.4 Å². The van der Waals surface area contributed by atoms with E-state index in [9.17, 15) is 0 Å². The molecule has 0 unspecified atom stereocenters. The number of ether oxygens (including phenoxy) is 1. The quantitative estimate of drug-likeness (QED) is 0.471. The maximum atomic E-state index is 5.43. The number of alkyl halides is 1. The molecule has 1 saturated carbocycles. The molecule has 1 nitrogen and oxygen atoms in total. The van der Waals surface area contributed by atoms with Crippen LogP contribution in [0.15, 0.2) is 12.3 Å². The van der Waals surface area contributed by atoms with Gasteiger partial charge in [0.15, 0.2) is 6.07 Å². The smallest absolute Gasteiger partial charge is 0.161 e. The topological polar surface area (TPSA) is 9.23 Å². The highest BCUT2D eigenvalue weighted by atomic mass is 35.5. The maximum Gasteiger partial charge on any atom is 0.161 e. The summed E-state index contributed by atoms with van der Waals surface area (Å²) in [6.07, 6.45) is 6.46. The van der Waals surface area contributed by atoms with Gasteiger partial charge in [0.25, 0.3) is 0 Å². The van der Waals surface area contributed by atoms with Gasteiger partial charge in [-0.3, -0.25) is 0 Å². The van der Waals surface area contributed by atoms with Crippen LogP contribution < -0.4 is 0 Å². The third-order valence-corrected chi connectivity index (χ3v) is 2.41. The van der Waals surface area contributed by atoms with Crippen LogP contribution in [0.4, 0.5) is 0 Å². The van der Waals surface area contributed by atoms with Gasteiger partial charge in [0.05, 0.1) is 5.76 Å². The lowest BCUT2D eigenvalue weighted by atomic mass is 9.88. The van der Waals surface area contributed by atoms with Gasteiger partial charge in [0.2, 0.25) is 0 Å². The van der Waals surface area contributed by atoms with E-state index in [-0.39, 0.29) is 6.07 Å². The van der Waals surface area contributed by atoms with Crippen LogP contribution in [0.25, 0.3) is 0 Å². The summed E-state index contributed by atoms with van der Waals surface area (Å²) in [6, 6.07) is 0.245. The minimum Gasteiger partial charge on any atom is -0.483 e. The monoisotopic (exact) mass is 174 g/mol. The summed E-state index contributed by atoms with van der Waals surface area (Å²) >= 11 is 5.43. The molecule has 11 heavy (non-hydrogen) atoms. The molecule has 0 N–H and O–H groups in total. The summed E-state index contributed by atoms with van der Waals surface area (Å²) < 4.78 is 5.15. The highest BCUT2D eigenvalue weighted by Gasteiger charge is 2.16. The lowest BCUT2D eigenvalue weighted by molar-refractivity contribution is 0.200. The van der Waals surface area contributed by atoms with Gasteiger partial charge in [-0.1, -0.05) is 37.4 Å². The molecule has 0 heterocycles. The van der Waals surface area contributed by atoms with Crippen molar-refractivity contribution < 1.29 is 4.74 Å². The van der Waals surface area contributed by atoms with Gasteiger partial charge in [0, 0.05) is 5.92 Å². The zero-order valence-electron chi connectivity index (χ0n) is 6.81. The van der Waals surface area contributed by atoms with Gasteiger partial charge in [-0.05, 0) is 12.8 Å². The molecule has 1 aliphatic carbocycles. The predicted molar refractivity (Wildman–Crippen MR) is 47.5 cm³/mol. The molecule has 0 aromatic rings. The van der Waals surface area contributed by atoms with Crippen molar-refractivity contribution in [3.8, 4) is 0 Å². The normalized spacial score (nSPS) is 19.7. The minimum atomic E-state index is 0.245. The Morgan fingerprint density at radius 1 is 1.36 bits per heavy atom. The first kappa shape index (κ1) is 8.92. The molecular weight excluding hydrogens is 160 g/mol. The van der Waals surface area contributed by atoms with Crippen molar-refractivity contribution in [3.63, 3.8) is 0 Å². The molecule has 1 rings (SSSR count). The first-order valence-electron chi connectivity index (χ1n) is 4.22. The molecule has 0 amide bonds. The Hall–Kier alpha value is -0.170. The molecular formula is C9H15ClO. The highest BCUT2D eigenvalue weighted by Crippen LogP contribution is 2.29. The standard InChI is InChI=1S/C9H15ClO/c1-8(11-7-10)9-5-3-2-4-6-9/h9H,1-7H2. The fraction of sp³-hybridized carbons (Fsp3) is 0.778. The zero-order chi connectivity index (χ0) is 8.10. The molecule has 0 aliphatic heterocycles. The van der Waals surface area contributed by atoms with Crippen LogP contribution in [0.3, 0.4) is 0 Å². The summed E-state index contributed by atoms with van der Waals surface area (Å²) in [7, 11) is 0. The highest BCUT2D eigenvalue weighted by molar-refractivity contribution is 6.17.